The lowest BCUT2D eigenvalue weighted by molar-refractivity contribution is -0.134. The number of aromatic nitrogens is 1. The van der Waals surface area contributed by atoms with E-state index in [4.69, 9.17) is 4.52 Å². The van der Waals surface area contributed by atoms with Crippen molar-refractivity contribution in [1.82, 2.24) is 20.8 Å². The number of aliphatic hydroxyl groups excluding tert-OH is 1. The van der Waals surface area contributed by atoms with Crippen LogP contribution >= 0.6 is 0 Å². The van der Waals surface area contributed by atoms with Crippen LogP contribution in [0.1, 0.15) is 50.1 Å². The molecule has 0 bridgehead atoms. The molecule has 3 aromatic rings. The molecule has 5 rings (SSSR count). The lowest BCUT2D eigenvalue weighted by atomic mass is 9.91. The summed E-state index contributed by atoms with van der Waals surface area (Å²) in [6.07, 6.45) is -0.281. The van der Waals surface area contributed by atoms with Gasteiger partial charge in [0.15, 0.2) is 0 Å². The Balaban J connectivity index is 1.35. The van der Waals surface area contributed by atoms with Crippen molar-refractivity contribution in [2.75, 3.05) is 6.54 Å². The number of aryl methyl sites for hydroxylation is 1. The van der Waals surface area contributed by atoms with Gasteiger partial charge in [-0.2, -0.15) is 5.10 Å². The van der Waals surface area contributed by atoms with Crippen LogP contribution in [0.15, 0.2) is 64.2 Å². The second kappa shape index (κ2) is 9.63. The summed E-state index contributed by atoms with van der Waals surface area (Å²) in [5.74, 6) is 0.182. The van der Waals surface area contributed by atoms with E-state index in [0.29, 0.717) is 29.3 Å². The van der Waals surface area contributed by atoms with Crippen molar-refractivity contribution < 1.29 is 18.8 Å². The monoisotopic (exact) mass is 505 g/mol. The van der Waals surface area contributed by atoms with Gasteiger partial charge in [-0.15, -0.1) is 0 Å². The van der Waals surface area contributed by atoms with Gasteiger partial charge < -0.3 is 19.8 Å². The van der Waals surface area contributed by atoms with Crippen LogP contribution in [0.3, 0.4) is 0 Å². The molecule has 2 aliphatic heterocycles. The number of nitrogens with zero attached hydrogens (tertiary/aromatic N) is 3. The molecule has 0 radical (unpaired) electrons. The van der Waals surface area contributed by atoms with Gasteiger partial charge in [-0.3, -0.25) is 10.2 Å². The van der Waals surface area contributed by atoms with E-state index in [1.54, 1.807) is 23.1 Å². The summed E-state index contributed by atoms with van der Waals surface area (Å²) in [7, 11) is 0. The van der Waals surface area contributed by atoms with Crippen LogP contribution in [0.2, 0.25) is 0 Å². The number of hydrogen-bond donors (Lipinski definition) is 3. The van der Waals surface area contributed by atoms with Crippen LogP contribution in [0.5, 0.6) is 0 Å². The summed E-state index contributed by atoms with van der Waals surface area (Å²) in [5.41, 5.74) is 5.37. The van der Waals surface area contributed by atoms with Crippen molar-refractivity contribution in [3.05, 3.63) is 77.4 Å². The minimum atomic E-state index is -0.731. The largest absolute Gasteiger partial charge is 0.391 e. The number of likely N-dealkylation sites (tertiary alicyclic amines) is 1. The Kier molecular flexibility index (Phi) is 6.49. The molecule has 2 unspecified atom stereocenters. The van der Waals surface area contributed by atoms with Crippen molar-refractivity contribution >= 4 is 11.7 Å². The van der Waals surface area contributed by atoms with Crippen molar-refractivity contribution in [1.29, 1.82) is 0 Å². The Labute approximate surface area is 215 Å². The first-order valence-corrected chi connectivity index (χ1v) is 12.6. The molecule has 1 aromatic heterocycles. The van der Waals surface area contributed by atoms with E-state index in [0.717, 1.165) is 11.1 Å². The quantitative estimate of drug-likeness (QED) is 0.470. The molecule has 1 saturated heterocycles. The average Bonchev–Trinajstić information content (AvgIpc) is 3.58. The van der Waals surface area contributed by atoms with E-state index in [1.165, 1.54) is 6.07 Å². The number of halogens is 1. The van der Waals surface area contributed by atoms with Gasteiger partial charge in [-0.1, -0.05) is 61.5 Å². The fourth-order valence-electron chi connectivity index (χ4n) is 5.22. The summed E-state index contributed by atoms with van der Waals surface area (Å²) < 4.78 is 19.7. The Morgan fingerprint density at radius 1 is 1.22 bits per heavy atom. The number of carbonyl (C=O) groups excluding carboxylic acids is 1. The van der Waals surface area contributed by atoms with Gasteiger partial charge in [0.1, 0.15) is 29.0 Å². The van der Waals surface area contributed by atoms with Gasteiger partial charge in [0.25, 0.3) is 0 Å². The number of benzene rings is 2. The number of aliphatic hydroxyl groups is 1. The standard InChI is InChI=1S/C28H32FN5O3/c1-16(2)25(24-13-17(3)32-37-24)27(36)34-15-20(35)14-23(34)26-30-28(4,33-31-26)19-11-9-18(10-12-19)21-7-5-6-8-22(21)29/h5-13,16,20,23,25,33,35H,14-15H2,1-4H3,(H,30,31)/t20-,23+,25?,28?/m1/s1. The minimum Gasteiger partial charge on any atom is -0.391 e. The van der Waals surface area contributed by atoms with E-state index in [9.17, 15) is 14.3 Å². The van der Waals surface area contributed by atoms with Crippen LogP contribution in [-0.2, 0) is 10.5 Å². The van der Waals surface area contributed by atoms with Crippen LogP contribution in [0.25, 0.3) is 11.1 Å². The first-order valence-electron chi connectivity index (χ1n) is 12.6. The highest BCUT2D eigenvalue weighted by Gasteiger charge is 2.45. The summed E-state index contributed by atoms with van der Waals surface area (Å²) >= 11 is 0. The predicted octanol–water partition coefficient (Wildman–Crippen LogP) is 3.87. The third-order valence-corrected chi connectivity index (χ3v) is 7.19. The van der Waals surface area contributed by atoms with Gasteiger partial charge in [-0.05, 0) is 37.0 Å². The summed E-state index contributed by atoms with van der Waals surface area (Å²) in [4.78, 5) is 15.4. The normalized spacial score (nSPS) is 24.1. The predicted molar refractivity (Wildman–Crippen MR) is 138 cm³/mol. The third kappa shape index (κ3) is 4.71. The zero-order chi connectivity index (χ0) is 26.3. The molecule has 2 aromatic carbocycles. The highest BCUT2D eigenvalue weighted by Crippen LogP contribution is 2.33. The van der Waals surface area contributed by atoms with Gasteiger partial charge in [0, 0.05) is 24.6 Å². The molecule has 8 nitrogen and oxygen atoms in total. The zero-order valence-electron chi connectivity index (χ0n) is 21.4. The fraction of sp³-hybridized carbons (Fsp3) is 0.393. The number of amides is 1. The summed E-state index contributed by atoms with van der Waals surface area (Å²) in [6.45, 7) is 7.93. The average molecular weight is 506 g/mol. The van der Waals surface area contributed by atoms with Crippen molar-refractivity contribution in [2.24, 2.45) is 11.0 Å². The highest BCUT2D eigenvalue weighted by molar-refractivity contribution is 5.95. The van der Waals surface area contributed by atoms with Gasteiger partial charge in [-0.25, -0.2) is 4.39 Å². The van der Waals surface area contributed by atoms with Gasteiger partial charge in [0.05, 0.1) is 17.8 Å². The molecule has 1 amide bonds. The Hall–Kier alpha value is -3.72. The number of rotatable bonds is 6. The topological polar surface area (TPSA) is 103 Å². The molecule has 4 atom stereocenters. The Morgan fingerprint density at radius 2 is 1.95 bits per heavy atom. The zero-order valence-corrected chi connectivity index (χ0v) is 21.4. The number of β-amino-alcohol motifs (C(OH)–C–C–N with tert-alkyl or cyclic N) is 1. The van der Waals surface area contributed by atoms with E-state index in [2.05, 4.69) is 21.0 Å². The molecular weight excluding hydrogens is 473 g/mol. The minimum absolute atomic E-state index is 0.0203. The third-order valence-electron chi connectivity index (χ3n) is 7.19. The Morgan fingerprint density at radius 3 is 2.59 bits per heavy atom. The molecule has 3 heterocycles. The van der Waals surface area contributed by atoms with E-state index in [-0.39, 0.29) is 24.2 Å². The Bertz CT molecular complexity index is 1320. The lowest BCUT2D eigenvalue weighted by Crippen LogP contribution is -2.52. The van der Waals surface area contributed by atoms with Crippen LogP contribution in [0.4, 0.5) is 4.39 Å². The molecule has 2 aliphatic rings. The molecule has 3 N–H and O–H groups in total. The summed E-state index contributed by atoms with van der Waals surface area (Å²) in [5, 5.41) is 22.5. The molecule has 0 saturated carbocycles. The maximum atomic E-state index is 14.2. The number of hydrazone groups is 1. The van der Waals surface area contributed by atoms with Crippen molar-refractivity contribution in [3.8, 4) is 11.1 Å². The molecular formula is C28H32FN5O3. The number of carbonyl (C=O) groups is 1. The van der Waals surface area contributed by atoms with Gasteiger partial charge in [0.2, 0.25) is 5.91 Å². The highest BCUT2D eigenvalue weighted by atomic mass is 19.1. The first kappa shape index (κ1) is 25.0. The van der Waals surface area contributed by atoms with Gasteiger partial charge >= 0.3 is 0 Å². The first-order chi connectivity index (χ1) is 17.7. The molecule has 0 aliphatic carbocycles. The van der Waals surface area contributed by atoms with E-state index in [1.807, 2.05) is 58.0 Å². The smallest absolute Gasteiger partial charge is 0.234 e. The fourth-order valence-corrected chi connectivity index (χ4v) is 5.22. The molecule has 0 spiro atoms. The van der Waals surface area contributed by atoms with Crippen molar-refractivity contribution in [2.45, 2.75) is 57.8 Å². The SMILES string of the molecule is Cc1cc(C(C(=O)N2C[C@H](O)C[C@H]2C2=NNC(C)(c3ccc(-c4ccccc4F)cc3)N2)C(C)C)on1. The van der Waals surface area contributed by atoms with Crippen molar-refractivity contribution in [3.63, 3.8) is 0 Å². The lowest BCUT2D eigenvalue weighted by Gasteiger charge is -2.31. The molecule has 194 valence electrons. The summed E-state index contributed by atoms with van der Waals surface area (Å²) in [6, 6.07) is 15.7. The van der Waals surface area contributed by atoms with E-state index >= 15 is 0 Å². The van der Waals surface area contributed by atoms with E-state index < -0.39 is 23.7 Å². The maximum Gasteiger partial charge on any atom is 0.234 e. The number of amidine groups is 1. The molecule has 1 fully saturated rings. The van der Waals surface area contributed by atoms with Crippen LogP contribution < -0.4 is 10.7 Å². The van der Waals surface area contributed by atoms with Crippen LogP contribution in [-0.4, -0.2) is 45.6 Å². The number of hydrogen-bond acceptors (Lipinski definition) is 7. The second-order valence-electron chi connectivity index (χ2n) is 10.4. The van der Waals surface area contributed by atoms with Crippen LogP contribution in [0, 0.1) is 18.7 Å². The second-order valence-corrected chi connectivity index (χ2v) is 10.4. The number of nitrogens with one attached hydrogen (secondary N) is 2. The maximum absolute atomic E-state index is 14.2. The molecule has 37 heavy (non-hydrogen) atoms. The molecule has 9 heteroatoms.